The van der Waals surface area contributed by atoms with Crippen molar-refractivity contribution in [3.63, 3.8) is 0 Å². The Morgan fingerprint density at radius 3 is 1.19 bits per heavy atom. The van der Waals surface area contributed by atoms with Gasteiger partial charge in [-0.2, -0.15) is 0 Å². The summed E-state index contributed by atoms with van der Waals surface area (Å²) < 4.78 is 11.8. The Balaban J connectivity index is 0.00000195. The maximum Gasteiger partial charge on any atom is 0.310 e. The molecule has 8 bridgehead atoms. The fourth-order valence-electron chi connectivity index (χ4n) is 7.34. The number of carbonyl (C=O) groups is 1. The van der Waals surface area contributed by atoms with Gasteiger partial charge in [-0.3, -0.25) is 4.79 Å². The van der Waals surface area contributed by atoms with E-state index in [4.69, 9.17) is 14.7 Å². The van der Waals surface area contributed by atoms with E-state index >= 15 is 0 Å². The first kappa shape index (κ1) is 42.2. The molecule has 0 saturated heterocycles. The molecular formula is C47H40Cl3N7O2. The van der Waals surface area contributed by atoms with E-state index in [0.29, 0.717) is 5.75 Å². The van der Waals surface area contributed by atoms with Crippen molar-refractivity contribution in [3.05, 3.63) is 145 Å². The zero-order chi connectivity index (χ0) is 38.3. The van der Waals surface area contributed by atoms with Crippen LogP contribution in [0, 0.1) is 0 Å². The molecule has 0 fully saturated rings. The van der Waals surface area contributed by atoms with Crippen LogP contribution < -0.4 is 55.7 Å². The predicted molar refractivity (Wildman–Crippen MR) is 220 cm³/mol. The van der Waals surface area contributed by atoms with Crippen LogP contribution in [0.1, 0.15) is 36.1 Å². The molecule has 2 aliphatic rings. The van der Waals surface area contributed by atoms with Gasteiger partial charge in [-0.1, -0.05) is 19.1 Å². The van der Waals surface area contributed by atoms with Gasteiger partial charge in [0.05, 0.1) is 22.8 Å². The van der Waals surface area contributed by atoms with E-state index in [9.17, 15) is 4.79 Å². The molecule has 8 heterocycles. The third-order valence-electron chi connectivity index (χ3n) is 10.2. The van der Waals surface area contributed by atoms with E-state index in [2.05, 4.69) is 107 Å². The van der Waals surface area contributed by atoms with Crippen molar-refractivity contribution in [2.24, 2.45) is 21.1 Å². The monoisotopic (exact) mass is 839 g/mol. The van der Waals surface area contributed by atoms with E-state index in [1.54, 1.807) is 6.92 Å². The highest BCUT2D eigenvalue weighted by molar-refractivity contribution is 5.99. The molecule has 0 unspecified atom stereocenters. The fraction of sp³-hybridized carbons (Fsp3) is 0.106. The normalized spacial score (nSPS) is 11.3. The highest BCUT2D eigenvalue weighted by atomic mass is 35.5. The SMILES string of the molecule is CCC(=O)Oc1cccc(-c2c3nc(c(-c4cc[n+](C)cc4)c4ccc([nH]4)c(-c4cc[n+](C)cc4)c4nc(c(-c5cc[n+](C)cc5)c5ccc2[nH]5)C=C4)C=C3)c1.[Cl-].[Cl-].[Cl-]. The van der Waals surface area contributed by atoms with Crippen LogP contribution in [0.15, 0.2) is 122 Å². The summed E-state index contributed by atoms with van der Waals surface area (Å²) in [5.74, 6) is 0.189. The summed E-state index contributed by atoms with van der Waals surface area (Å²) in [6, 6.07) is 28.8. The van der Waals surface area contributed by atoms with Crippen molar-refractivity contribution in [2.45, 2.75) is 13.3 Å². The number of rotatable bonds is 6. The summed E-state index contributed by atoms with van der Waals surface area (Å²) in [6.45, 7) is 1.79. The molecule has 7 aromatic rings. The quantitative estimate of drug-likeness (QED) is 0.130. The van der Waals surface area contributed by atoms with Crippen LogP contribution in [-0.4, -0.2) is 25.9 Å². The summed E-state index contributed by atoms with van der Waals surface area (Å²) in [6.07, 6.45) is 21.0. The summed E-state index contributed by atoms with van der Waals surface area (Å²) in [5, 5.41) is 0. The molecular weight excluding hydrogens is 801 g/mol. The van der Waals surface area contributed by atoms with E-state index in [-0.39, 0.29) is 49.6 Å². The molecule has 2 N–H and O–H groups in total. The smallest absolute Gasteiger partial charge is 0.310 e. The number of H-pyrrole nitrogens is 2. The molecule has 0 atom stereocenters. The van der Waals surface area contributed by atoms with Crippen molar-refractivity contribution in [1.29, 1.82) is 0 Å². The molecule has 0 saturated carbocycles. The number of aromatic nitrogens is 7. The Morgan fingerprint density at radius 1 is 0.508 bits per heavy atom. The van der Waals surface area contributed by atoms with Gasteiger partial charge in [-0.15, -0.1) is 0 Å². The molecule has 9 rings (SSSR count). The maximum atomic E-state index is 12.4. The van der Waals surface area contributed by atoms with Gasteiger partial charge >= 0.3 is 5.97 Å². The molecule has 0 radical (unpaired) electrons. The molecule has 1 aromatic carbocycles. The van der Waals surface area contributed by atoms with Crippen LogP contribution in [0.25, 0.3) is 90.9 Å². The number of aryl methyl sites for hydroxylation is 3. The number of hydrogen-bond donors (Lipinski definition) is 2. The van der Waals surface area contributed by atoms with Crippen molar-refractivity contribution < 1.29 is 60.5 Å². The number of nitrogens with one attached hydrogen (secondary N) is 2. The topological polar surface area (TPSA) is 95.3 Å². The molecule has 296 valence electrons. The third kappa shape index (κ3) is 8.31. The Bertz CT molecular complexity index is 2870. The van der Waals surface area contributed by atoms with Crippen LogP contribution in [0.2, 0.25) is 0 Å². The Hall–Kier alpha value is -6.39. The lowest BCUT2D eigenvalue weighted by Crippen LogP contribution is -3.00. The van der Waals surface area contributed by atoms with Gasteiger partial charge in [-0.05, 0) is 83.0 Å². The number of benzene rings is 1. The zero-order valence-corrected chi connectivity index (χ0v) is 35.0. The van der Waals surface area contributed by atoms with Crippen LogP contribution in [0.5, 0.6) is 5.75 Å². The average Bonchev–Trinajstić information content (AvgIpc) is 4.05. The van der Waals surface area contributed by atoms with Crippen molar-refractivity contribution in [1.82, 2.24) is 19.9 Å². The van der Waals surface area contributed by atoms with Gasteiger partial charge in [0.15, 0.2) is 37.2 Å². The van der Waals surface area contributed by atoms with Crippen molar-refractivity contribution >= 4 is 52.3 Å². The van der Waals surface area contributed by atoms with Crippen LogP contribution in [0.3, 0.4) is 0 Å². The van der Waals surface area contributed by atoms with Gasteiger partial charge in [-0.25, -0.2) is 23.7 Å². The average molecular weight is 841 g/mol. The fourth-order valence-corrected chi connectivity index (χ4v) is 7.34. The first-order valence-corrected chi connectivity index (χ1v) is 18.7. The number of nitrogens with zero attached hydrogens (tertiary/aromatic N) is 5. The summed E-state index contributed by atoms with van der Waals surface area (Å²) in [4.78, 5) is 30.7. The van der Waals surface area contributed by atoms with Crippen molar-refractivity contribution in [2.75, 3.05) is 0 Å². The molecule has 6 aromatic heterocycles. The Labute approximate surface area is 360 Å². The summed E-state index contributed by atoms with van der Waals surface area (Å²) >= 11 is 0. The molecule has 0 spiro atoms. The second-order valence-electron chi connectivity index (χ2n) is 14.1. The molecule has 0 aliphatic carbocycles. The second kappa shape index (κ2) is 17.6. The van der Waals surface area contributed by atoms with E-state index in [0.717, 1.165) is 89.4 Å². The highest BCUT2D eigenvalue weighted by Crippen LogP contribution is 2.38. The van der Waals surface area contributed by atoms with Crippen LogP contribution in [-0.2, 0) is 25.9 Å². The van der Waals surface area contributed by atoms with Gasteiger partial charge < -0.3 is 51.9 Å². The predicted octanol–water partition coefficient (Wildman–Crippen LogP) is -0.875. The third-order valence-corrected chi connectivity index (χ3v) is 10.2. The maximum absolute atomic E-state index is 12.4. The number of esters is 1. The molecule has 2 aliphatic heterocycles. The lowest BCUT2D eigenvalue weighted by Gasteiger charge is -2.08. The van der Waals surface area contributed by atoms with Gasteiger partial charge in [0.2, 0.25) is 0 Å². The molecule has 59 heavy (non-hydrogen) atoms. The van der Waals surface area contributed by atoms with Crippen LogP contribution >= 0.6 is 0 Å². The van der Waals surface area contributed by atoms with Gasteiger partial charge in [0.1, 0.15) is 26.9 Å². The first-order chi connectivity index (χ1) is 27.3. The van der Waals surface area contributed by atoms with E-state index in [1.807, 2.05) is 83.9 Å². The molecule has 9 nitrogen and oxygen atoms in total. The minimum Gasteiger partial charge on any atom is -1.00 e. The number of halogens is 3. The number of carbonyl (C=O) groups excluding carboxylic acids is 1. The number of fused-ring (bicyclic) bond motifs is 8. The summed E-state index contributed by atoms with van der Waals surface area (Å²) in [7, 11) is 6.05. The van der Waals surface area contributed by atoms with Gasteiger partial charge in [0, 0.05) is 87.1 Å². The van der Waals surface area contributed by atoms with Gasteiger partial charge in [0.25, 0.3) is 0 Å². The van der Waals surface area contributed by atoms with E-state index < -0.39 is 0 Å². The number of ether oxygens (including phenoxy) is 1. The highest BCUT2D eigenvalue weighted by Gasteiger charge is 2.20. The Morgan fingerprint density at radius 2 is 0.847 bits per heavy atom. The zero-order valence-electron chi connectivity index (χ0n) is 32.7. The second-order valence-corrected chi connectivity index (χ2v) is 14.1. The number of hydrogen-bond acceptors (Lipinski definition) is 4. The minimum atomic E-state index is -0.291. The number of aromatic amines is 2. The molecule has 12 heteroatoms. The lowest BCUT2D eigenvalue weighted by molar-refractivity contribution is -0.671. The van der Waals surface area contributed by atoms with E-state index in [1.165, 1.54) is 0 Å². The largest absolute Gasteiger partial charge is 1.00 e. The standard InChI is InChI=1S/C47H39N7O2.3ClH/c1-5-43(55)56-34-8-6-7-33(29-34)47-41-15-13-39(50-41)45(31-19-25-53(3)26-20-31)37-11-9-35(48-37)44(30-17-23-52(2)24-18-30)36-10-12-38(49-36)46(40-14-16-42(47)51-40)32-21-27-54(4)28-22-32;;;/h6-29H,5H2,1-4H3,(H,48,49,50,51);3*1H/q+2;;;/p-2. The summed E-state index contributed by atoms with van der Waals surface area (Å²) in [5.41, 5.74) is 14.7. The lowest BCUT2D eigenvalue weighted by atomic mass is 10.0. The Kier molecular flexibility index (Phi) is 12.6. The first-order valence-electron chi connectivity index (χ1n) is 18.7. The van der Waals surface area contributed by atoms with Crippen LogP contribution in [0.4, 0.5) is 0 Å². The van der Waals surface area contributed by atoms with Crippen molar-refractivity contribution in [3.8, 4) is 50.3 Å². The minimum absolute atomic E-state index is 0. The number of pyridine rings is 3. The molecule has 0 amide bonds.